The van der Waals surface area contributed by atoms with Gasteiger partial charge in [0.2, 0.25) is 5.88 Å². The molecular weight excluding hydrogens is 384 g/mol. The van der Waals surface area contributed by atoms with Gasteiger partial charge in [-0.25, -0.2) is 4.79 Å². The van der Waals surface area contributed by atoms with Crippen molar-refractivity contribution in [3.8, 4) is 5.88 Å². The molecule has 0 saturated carbocycles. The van der Waals surface area contributed by atoms with E-state index in [-0.39, 0.29) is 11.4 Å². The molecule has 0 aliphatic heterocycles. The van der Waals surface area contributed by atoms with Gasteiger partial charge in [-0.3, -0.25) is 0 Å². The Bertz CT molecular complexity index is 738. The van der Waals surface area contributed by atoms with Gasteiger partial charge in [0.05, 0.1) is 19.2 Å². The van der Waals surface area contributed by atoms with Crippen LogP contribution in [0.25, 0.3) is 0 Å². The molecule has 0 spiro atoms. The van der Waals surface area contributed by atoms with Crippen molar-refractivity contribution in [1.29, 1.82) is 0 Å². The number of hydrogen-bond donors (Lipinski definition) is 1. The van der Waals surface area contributed by atoms with E-state index in [0.29, 0.717) is 17.4 Å². The number of ether oxygens (including phenoxy) is 2. The summed E-state index contributed by atoms with van der Waals surface area (Å²) in [5, 5.41) is 3.48. The lowest BCUT2D eigenvalue weighted by Gasteiger charge is -2.13. The third-order valence-corrected chi connectivity index (χ3v) is 4.51. The Hall–Kier alpha value is -1.79. The van der Waals surface area contributed by atoms with Gasteiger partial charge in [-0.2, -0.15) is 4.98 Å². The molecule has 7 heteroatoms. The monoisotopic (exact) mass is 398 g/mol. The number of pyridine rings is 1. The molecule has 0 aliphatic carbocycles. The van der Waals surface area contributed by atoms with Crippen molar-refractivity contribution in [2.45, 2.75) is 13.5 Å². The Labute approximate surface area is 148 Å². The van der Waals surface area contributed by atoms with Crippen molar-refractivity contribution < 1.29 is 14.3 Å². The molecule has 2 aromatic rings. The number of benzene rings is 1. The van der Waals surface area contributed by atoms with Crippen molar-refractivity contribution in [3.05, 3.63) is 50.5 Å². The molecule has 1 heterocycles. The van der Waals surface area contributed by atoms with Crippen LogP contribution in [-0.2, 0) is 11.3 Å². The number of nitrogens with zero attached hydrogens (tertiary/aromatic N) is 1. The van der Waals surface area contributed by atoms with Gasteiger partial charge in [0.25, 0.3) is 0 Å². The van der Waals surface area contributed by atoms with Gasteiger partial charge < -0.3 is 14.8 Å². The molecule has 0 fully saturated rings. The number of anilines is 1. The van der Waals surface area contributed by atoms with E-state index in [2.05, 4.69) is 31.0 Å². The maximum atomic E-state index is 11.7. The number of halogens is 2. The fourth-order valence-corrected chi connectivity index (χ4v) is 2.66. The predicted molar refractivity (Wildman–Crippen MR) is 93.3 cm³/mol. The summed E-state index contributed by atoms with van der Waals surface area (Å²) in [4.78, 5) is 15.9. The molecule has 0 unspecified atom stereocenters. The number of esters is 1. The van der Waals surface area contributed by atoms with Crippen molar-refractivity contribution in [3.63, 3.8) is 0 Å². The number of methoxy groups -OCH3 is 2. The Kier molecular flexibility index (Phi) is 5.85. The number of carbonyl (C=O) groups excluding carboxylic acids is 1. The molecule has 23 heavy (non-hydrogen) atoms. The van der Waals surface area contributed by atoms with Gasteiger partial charge >= 0.3 is 5.97 Å². The van der Waals surface area contributed by atoms with Crippen LogP contribution in [0.5, 0.6) is 5.88 Å². The van der Waals surface area contributed by atoms with Crippen molar-refractivity contribution in [2.24, 2.45) is 0 Å². The zero-order valence-electron chi connectivity index (χ0n) is 12.9. The highest BCUT2D eigenvalue weighted by Gasteiger charge is 2.18. The molecule has 0 atom stereocenters. The highest BCUT2D eigenvalue weighted by Crippen LogP contribution is 2.28. The molecule has 1 aromatic carbocycles. The summed E-state index contributed by atoms with van der Waals surface area (Å²) in [5.74, 6) is 0.0518. The van der Waals surface area contributed by atoms with Crippen LogP contribution >= 0.6 is 27.5 Å². The van der Waals surface area contributed by atoms with Crippen LogP contribution in [0.15, 0.2) is 28.7 Å². The topological polar surface area (TPSA) is 60.5 Å². The summed E-state index contributed by atoms with van der Waals surface area (Å²) in [6.07, 6.45) is 0. The van der Waals surface area contributed by atoms with Gasteiger partial charge in [-0.1, -0.05) is 39.7 Å². The molecule has 0 saturated heterocycles. The first-order chi connectivity index (χ1) is 11.0. The first-order valence-electron chi connectivity index (χ1n) is 6.78. The molecule has 1 N–H and O–H groups in total. The van der Waals surface area contributed by atoms with Gasteiger partial charge in [-0.05, 0) is 30.2 Å². The Morgan fingerprint density at radius 1 is 1.39 bits per heavy atom. The molecule has 2 rings (SSSR count). The second-order valence-electron chi connectivity index (χ2n) is 4.74. The highest BCUT2D eigenvalue weighted by atomic mass is 79.9. The lowest BCUT2D eigenvalue weighted by atomic mass is 10.1. The fraction of sp³-hybridized carbons (Fsp3) is 0.250. The van der Waals surface area contributed by atoms with Gasteiger partial charge in [-0.15, -0.1) is 0 Å². The third kappa shape index (κ3) is 3.95. The summed E-state index contributed by atoms with van der Waals surface area (Å²) < 4.78 is 10.9. The van der Waals surface area contributed by atoms with Gasteiger partial charge in [0.15, 0.2) is 0 Å². The summed E-state index contributed by atoms with van der Waals surface area (Å²) in [7, 11) is 2.72. The first kappa shape index (κ1) is 17.6. The fourth-order valence-electron chi connectivity index (χ4n) is 2.03. The molecular formula is C16H16BrClN2O3. The third-order valence-electron chi connectivity index (χ3n) is 3.37. The Balaban J connectivity index is 2.27. The van der Waals surface area contributed by atoms with E-state index >= 15 is 0 Å². The number of nitrogens with one attached hydrogen (secondary N) is 1. The van der Waals surface area contributed by atoms with E-state index < -0.39 is 5.97 Å². The van der Waals surface area contributed by atoms with Crippen LogP contribution in [-0.4, -0.2) is 25.2 Å². The maximum Gasteiger partial charge on any atom is 0.343 e. The average molecular weight is 400 g/mol. The van der Waals surface area contributed by atoms with E-state index in [1.807, 2.05) is 25.1 Å². The second kappa shape index (κ2) is 7.66. The molecule has 5 nitrogen and oxygen atoms in total. The lowest BCUT2D eigenvalue weighted by molar-refractivity contribution is 0.0596. The summed E-state index contributed by atoms with van der Waals surface area (Å²) in [6.45, 7) is 2.57. The number of hydrogen-bond acceptors (Lipinski definition) is 5. The van der Waals surface area contributed by atoms with Crippen molar-refractivity contribution in [2.75, 3.05) is 19.5 Å². The van der Waals surface area contributed by atoms with E-state index in [9.17, 15) is 4.79 Å². The molecule has 0 bridgehead atoms. The van der Waals surface area contributed by atoms with Crippen LogP contribution in [0.1, 0.15) is 21.5 Å². The quantitative estimate of drug-likeness (QED) is 0.763. The lowest BCUT2D eigenvalue weighted by Crippen LogP contribution is -2.09. The largest absolute Gasteiger partial charge is 0.480 e. The number of aromatic nitrogens is 1. The van der Waals surface area contributed by atoms with Crippen molar-refractivity contribution in [1.82, 2.24) is 4.98 Å². The molecule has 1 aromatic heterocycles. The average Bonchev–Trinajstić information content (AvgIpc) is 2.56. The maximum absolute atomic E-state index is 11.7. The first-order valence-corrected chi connectivity index (χ1v) is 7.95. The normalized spacial score (nSPS) is 10.3. The minimum absolute atomic E-state index is 0.162. The predicted octanol–water partition coefficient (Wildman–Crippen LogP) is 4.21. The highest BCUT2D eigenvalue weighted by molar-refractivity contribution is 9.10. The smallest absolute Gasteiger partial charge is 0.343 e. The van der Waals surface area contributed by atoms with Crippen LogP contribution in [0, 0.1) is 6.92 Å². The van der Waals surface area contributed by atoms with Crippen LogP contribution < -0.4 is 10.1 Å². The van der Waals surface area contributed by atoms with Crippen LogP contribution in [0.3, 0.4) is 0 Å². The van der Waals surface area contributed by atoms with Crippen molar-refractivity contribution >= 4 is 39.3 Å². The second-order valence-corrected chi connectivity index (χ2v) is 6.01. The number of carbonyl (C=O) groups is 1. The van der Waals surface area contributed by atoms with Gasteiger partial charge in [0.1, 0.15) is 11.4 Å². The number of rotatable bonds is 5. The van der Waals surface area contributed by atoms with E-state index in [0.717, 1.165) is 15.6 Å². The standard InChI is InChI=1S/C16H16BrClN2O3/c1-9-10(5-4-6-12(9)17)8-19-14-13(18)7-11(16(21)23-3)15(20-14)22-2/h4-7H,8H2,1-3H3,(H,19,20). The SMILES string of the molecule is COC(=O)c1cc(Cl)c(NCc2cccc(Br)c2C)nc1OC. The Morgan fingerprint density at radius 3 is 2.78 bits per heavy atom. The zero-order chi connectivity index (χ0) is 17.0. The van der Waals surface area contributed by atoms with E-state index in [1.165, 1.54) is 20.3 Å². The minimum Gasteiger partial charge on any atom is -0.480 e. The summed E-state index contributed by atoms with van der Waals surface area (Å²) in [6, 6.07) is 7.44. The molecule has 0 radical (unpaired) electrons. The van der Waals surface area contributed by atoms with E-state index in [1.54, 1.807) is 0 Å². The van der Waals surface area contributed by atoms with Gasteiger partial charge in [0, 0.05) is 11.0 Å². The van der Waals surface area contributed by atoms with Crippen LogP contribution in [0.4, 0.5) is 5.82 Å². The molecule has 0 amide bonds. The molecule has 122 valence electrons. The summed E-state index contributed by atoms with van der Waals surface area (Å²) >= 11 is 9.70. The minimum atomic E-state index is -0.550. The van der Waals surface area contributed by atoms with E-state index in [4.69, 9.17) is 16.3 Å². The Morgan fingerprint density at radius 2 is 2.13 bits per heavy atom. The molecule has 0 aliphatic rings. The zero-order valence-corrected chi connectivity index (χ0v) is 15.3. The summed E-state index contributed by atoms with van der Waals surface area (Å²) in [5.41, 5.74) is 2.42. The van der Waals surface area contributed by atoms with Crippen LogP contribution in [0.2, 0.25) is 5.02 Å².